The molecule has 6 nitrogen and oxygen atoms in total. The molecule has 0 radical (unpaired) electrons. The van der Waals surface area contributed by atoms with E-state index in [1.807, 2.05) is 13.0 Å². The Morgan fingerprint density at radius 2 is 2.15 bits per heavy atom. The monoisotopic (exact) mass is 386 g/mol. The third kappa shape index (κ3) is 3.62. The van der Waals surface area contributed by atoms with E-state index in [1.54, 1.807) is 32.0 Å². The number of nitrogens with one attached hydrogen (secondary N) is 1. The highest BCUT2D eigenvalue weighted by Gasteiger charge is 2.22. The van der Waals surface area contributed by atoms with Gasteiger partial charge in [0.05, 0.1) is 23.1 Å². The summed E-state index contributed by atoms with van der Waals surface area (Å²) in [5, 5.41) is 13.0. The van der Waals surface area contributed by atoms with Crippen LogP contribution in [0.2, 0.25) is 5.28 Å². The number of benzene rings is 1. The number of thiophene rings is 1. The third-order valence-corrected chi connectivity index (χ3v) is 4.88. The molecule has 0 saturated heterocycles. The van der Waals surface area contributed by atoms with Crippen molar-refractivity contribution in [3.05, 3.63) is 45.6 Å². The van der Waals surface area contributed by atoms with E-state index in [0.29, 0.717) is 32.2 Å². The molecule has 0 aliphatic rings. The number of rotatable bonds is 4. The van der Waals surface area contributed by atoms with Gasteiger partial charge in [0.2, 0.25) is 5.28 Å². The van der Waals surface area contributed by atoms with Crippen LogP contribution in [0.3, 0.4) is 0 Å². The van der Waals surface area contributed by atoms with Crippen LogP contribution in [0.1, 0.15) is 34.6 Å². The lowest BCUT2D eigenvalue weighted by atomic mass is 10.2. The van der Waals surface area contributed by atoms with Gasteiger partial charge in [-0.15, -0.1) is 11.3 Å². The zero-order valence-electron chi connectivity index (χ0n) is 14.3. The number of carbonyl (C=O) groups is 1. The molecule has 2 aromatic heterocycles. The normalized spacial score (nSPS) is 10.8. The van der Waals surface area contributed by atoms with E-state index in [2.05, 4.69) is 21.4 Å². The summed E-state index contributed by atoms with van der Waals surface area (Å²) < 4.78 is 5.30. The Labute approximate surface area is 159 Å². The number of esters is 1. The van der Waals surface area contributed by atoms with Crippen molar-refractivity contribution in [2.75, 3.05) is 5.32 Å². The van der Waals surface area contributed by atoms with Crippen molar-refractivity contribution in [3.8, 4) is 6.07 Å². The minimum atomic E-state index is -0.394. The molecule has 0 fully saturated rings. The van der Waals surface area contributed by atoms with Gasteiger partial charge in [-0.3, -0.25) is 0 Å². The average Bonchev–Trinajstić information content (AvgIpc) is 2.91. The molecule has 0 bridgehead atoms. The van der Waals surface area contributed by atoms with Crippen LogP contribution < -0.4 is 5.32 Å². The number of nitrogens with zero attached hydrogens (tertiary/aromatic N) is 3. The molecule has 0 spiro atoms. The Morgan fingerprint density at radius 1 is 1.38 bits per heavy atom. The SMILES string of the molecule is Cc1c(C(=O)OC(C)C)sc2nc(Cl)nc(Nc3cccc(C#N)c3)c12. The highest BCUT2D eigenvalue weighted by molar-refractivity contribution is 7.20. The molecular weight excluding hydrogens is 372 g/mol. The van der Waals surface area contributed by atoms with Crippen molar-refractivity contribution in [2.45, 2.75) is 26.9 Å². The maximum absolute atomic E-state index is 12.3. The summed E-state index contributed by atoms with van der Waals surface area (Å²) in [6.07, 6.45) is -0.215. The fourth-order valence-corrected chi connectivity index (χ4v) is 3.75. The molecule has 0 aliphatic heterocycles. The predicted molar refractivity (Wildman–Crippen MR) is 102 cm³/mol. The van der Waals surface area contributed by atoms with Gasteiger partial charge in [0, 0.05) is 5.69 Å². The number of carbonyl (C=O) groups excluding carboxylic acids is 1. The number of hydrogen-bond donors (Lipinski definition) is 1. The van der Waals surface area contributed by atoms with Gasteiger partial charge >= 0.3 is 5.97 Å². The number of hydrogen-bond acceptors (Lipinski definition) is 7. The molecule has 3 rings (SSSR count). The number of anilines is 2. The zero-order valence-corrected chi connectivity index (χ0v) is 15.9. The molecular formula is C18H15ClN4O2S. The van der Waals surface area contributed by atoms with Crippen LogP contribution in [0.5, 0.6) is 0 Å². The Morgan fingerprint density at radius 3 is 2.85 bits per heavy atom. The molecule has 26 heavy (non-hydrogen) atoms. The lowest BCUT2D eigenvalue weighted by Gasteiger charge is -2.09. The van der Waals surface area contributed by atoms with E-state index < -0.39 is 5.97 Å². The maximum atomic E-state index is 12.3. The Kier molecular flexibility index (Phi) is 5.07. The second-order valence-corrected chi connectivity index (χ2v) is 7.19. The van der Waals surface area contributed by atoms with E-state index >= 15 is 0 Å². The predicted octanol–water partition coefficient (Wildman–Crippen LogP) is 4.83. The summed E-state index contributed by atoms with van der Waals surface area (Å²) in [6.45, 7) is 5.42. The molecule has 132 valence electrons. The molecule has 1 N–H and O–H groups in total. The quantitative estimate of drug-likeness (QED) is 0.510. The van der Waals surface area contributed by atoms with Crippen LogP contribution in [0.4, 0.5) is 11.5 Å². The molecule has 8 heteroatoms. The van der Waals surface area contributed by atoms with Crippen molar-refractivity contribution < 1.29 is 9.53 Å². The van der Waals surface area contributed by atoms with Crippen LogP contribution in [-0.2, 0) is 4.74 Å². The molecule has 0 unspecified atom stereocenters. The van der Waals surface area contributed by atoms with Crippen molar-refractivity contribution in [3.63, 3.8) is 0 Å². The number of fused-ring (bicyclic) bond motifs is 1. The summed E-state index contributed by atoms with van der Waals surface area (Å²) in [5.74, 6) is 0.0847. The fourth-order valence-electron chi connectivity index (χ4n) is 2.47. The van der Waals surface area contributed by atoms with Crippen molar-refractivity contribution in [1.82, 2.24) is 9.97 Å². The fraction of sp³-hybridized carbons (Fsp3) is 0.222. The van der Waals surface area contributed by atoms with E-state index in [9.17, 15) is 4.79 Å². The van der Waals surface area contributed by atoms with Gasteiger partial charge in [0.25, 0.3) is 0 Å². The lowest BCUT2D eigenvalue weighted by Crippen LogP contribution is -2.11. The van der Waals surface area contributed by atoms with Gasteiger partial charge in [-0.2, -0.15) is 10.2 Å². The zero-order chi connectivity index (χ0) is 18.8. The van der Waals surface area contributed by atoms with Crippen LogP contribution >= 0.6 is 22.9 Å². The Balaban J connectivity index is 2.09. The Hall–Kier alpha value is -2.69. The van der Waals surface area contributed by atoms with E-state index in [-0.39, 0.29) is 11.4 Å². The summed E-state index contributed by atoms with van der Waals surface area (Å²) in [4.78, 5) is 21.9. The van der Waals surface area contributed by atoms with Gasteiger partial charge in [0.15, 0.2) is 0 Å². The lowest BCUT2D eigenvalue weighted by molar-refractivity contribution is 0.0383. The third-order valence-electron chi connectivity index (χ3n) is 3.55. The second kappa shape index (κ2) is 7.28. The average molecular weight is 387 g/mol. The summed E-state index contributed by atoms with van der Waals surface area (Å²) in [5.41, 5.74) is 1.94. The number of halogens is 1. The molecule has 0 atom stereocenters. The topological polar surface area (TPSA) is 87.9 Å². The standard InChI is InChI=1S/C18H15ClN4O2S/c1-9(2)25-17(24)14-10(3)13-15(22-18(19)23-16(13)26-14)21-12-6-4-5-11(7-12)8-20/h4-7,9H,1-3H3,(H,21,22,23). The number of nitriles is 1. The summed E-state index contributed by atoms with van der Waals surface area (Å²) >= 11 is 7.27. The highest BCUT2D eigenvalue weighted by Crippen LogP contribution is 2.36. The molecule has 1 aromatic carbocycles. The van der Waals surface area contributed by atoms with Crippen LogP contribution in [0.15, 0.2) is 24.3 Å². The first-order valence-electron chi connectivity index (χ1n) is 7.84. The molecule has 0 amide bonds. The Bertz CT molecular complexity index is 1040. The molecule has 0 aliphatic carbocycles. The minimum absolute atomic E-state index is 0.0708. The smallest absolute Gasteiger partial charge is 0.348 e. The van der Waals surface area contributed by atoms with Gasteiger partial charge in [-0.05, 0) is 56.1 Å². The number of ether oxygens (including phenoxy) is 1. The van der Waals surface area contributed by atoms with Gasteiger partial charge < -0.3 is 10.1 Å². The van der Waals surface area contributed by atoms with Gasteiger partial charge in [0.1, 0.15) is 15.5 Å². The molecule has 2 heterocycles. The van der Waals surface area contributed by atoms with E-state index in [0.717, 1.165) is 5.56 Å². The number of aromatic nitrogens is 2. The van der Waals surface area contributed by atoms with E-state index in [4.69, 9.17) is 21.6 Å². The summed E-state index contributed by atoms with van der Waals surface area (Å²) in [6, 6.07) is 9.10. The first-order valence-corrected chi connectivity index (χ1v) is 9.03. The summed E-state index contributed by atoms with van der Waals surface area (Å²) in [7, 11) is 0. The van der Waals surface area contributed by atoms with Crippen molar-refractivity contribution in [2.24, 2.45) is 0 Å². The van der Waals surface area contributed by atoms with Crippen LogP contribution in [-0.4, -0.2) is 22.0 Å². The first-order chi connectivity index (χ1) is 12.4. The largest absolute Gasteiger partial charge is 0.459 e. The minimum Gasteiger partial charge on any atom is -0.459 e. The van der Waals surface area contributed by atoms with Crippen molar-refractivity contribution >= 4 is 50.6 Å². The van der Waals surface area contributed by atoms with Crippen molar-refractivity contribution in [1.29, 1.82) is 5.26 Å². The first kappa shape index (κ1) is 18.1. The van der Waals surface area contributed by atoms with E-state index in [1.165, 1.54) is 11.3 Å². The second-order valence-electron chi connectivity index (χ2n) is 5.85. The van der Waals surface area contributed by atoms with Crippen LogP contribution in [0, 0.1) is 18.3 Å². The molecule has 0 saturated carbocycles. The van der Waals surface area contributed by atoms with Crippen LogP contribution in [0.25, 0.3) is 10.2 Å². The number of aryl methyl sites for hydroxylation is 1. The maximum Gasteiger partial charge on any atom is 0.348 e. The molecule has 3 aromatic rings. The highest BCUT2D eigenvalue weighted by atomic mass is 35.5. The van der Waals surface area contributed by atoms with Gasteiger partial charge in [-0.1, -0.05) is 6.07 Å². The van der Waals surface area contributed by atoms with Gasteiger partial charge in [-0.25, -0.2) is 9.78 Å².